The molecule has 0 saturated heterocycles. The Morgan fingerprint density at radius 3 is 2.67 bits per heavy atom. The third kappa shape index (κ3) is 4.05. The Morgan fingerprint density at radius 1 is 1.17 bits per heavy atom. The zero-order chi connectivity index (χ0) is 21.3. The van der Waals surface area contributed by atoms with Crippen molar-refractivity contribution in [3.63, 3.8) is 0 Å². The van der Waals surface area contributed by atoms with Crippen molar-refractivity contribution < 1.29 is 9.26 Å². The SMILES string of the molecule is COCCn1c(SCc2noc(-c3ccc(C)cc3)n2)nc2sc(C)c(C)c2c1=O. The van der Waals surface area contributed by atoms with Crippen molar-refractivity contribution in [3.8, 4) is 11.5 Å². The quantitative estimate of drug-likeness (QED) is 0.310. The van der Waals surface area contributed by atoms with Crippen LogP contribution in [-0.4, -0.2) is 33.4 Å². The van der Waals surface area contributed by atoms with Crippen LogP contribution in [0.4, 0.5) is 0 Å². The third-order valence-electron chi connectivity index (χ3n) is 4.87. The first-order valence-corrected chi connectivity index (χ1v) is 11.3. The largest absolute Gasteiger partial charge is 0.383 e. The summed E-state index contributed by atoms with van der Waals surface area (Å²) in [6.07, 6.45) is 0. The number of ether oxygens (including phenoxy) is 1. The molecular formula is C21H22N4O3S2. The van der Waals surface area contributed by atoms with Gasteiger partial charge < -0.3 is 9.26 Å². The van der Waals surface area contributed by atoms with Crippen LogP contribution in [0.3, 0.4) is 0 Å². The number of thioether (sulfide) groups is 1. The molecule has 0 saturated carbocycles. The van der Waals surface area contributed by atoms with Crippen LogP contribution < -0.4 is 5.56 Å². The Balaban J connectivity index is 1.62. The molecule has 0 fully saturated rings. The Bertz CT molecular complexity index is 1240. The van der Waals surface area contributed by atoms with Crippen LogP contribution in [-0.2, 0) is 17.0 Å². The van der Waals surface area contributed by atoms with Gasteiger partial charge in [-0.15, -0.1) is 11.3 Å². The number of aryl methyl sites for hydroxylation is 3. The molecule has 3 aromatic heterocycles. The monoisotopic (exact) mass is 442 g/mol. The van der Waals surface area contributed by atoms with Gasteiger partial charge in [0.1, 0.15) is 4.83 Å². The first kappa shape index (κ1) is 20.8. The number of rotatable bonds is 7. The van der Waals surface area contributed by atoms with Gasteiger partial charge in [-0.2, -0.15) is 4.98 Å². The molecule has 9 heteroatoms. The van der Waals surface area contributed by atoms with Crippen LogP contribution in [0.5, 0.6) is 0 Å². The molecule has 30 heavy (non-hydrogen) atoms. The normalized spacial score (nSPS) is 11.5. The average molecular weight is 443 g/mol. The first-order chi connectivity index (χ1) is 14.5. The molecule has 4 rings (SSSR count). The van der Waals surface area contributed by atoms with E-state index in [4.69, 9.17) is 14.2 Å². The van der Waals surface area contributed by atoms with Crippen LogP contribution in [0.25, 0.3) is 21.7 Å². The van der Waals surface area contributed by atoms with Gasteiger partial charge in [0.25, 0.3) is 11.4 Å². The Morgan fingerprint density at radius 2 is 1.93 bits per heavy atom. The fraction of sp³-hybridized carbons (Fsp3) is 0.333. The molecule has 1 aromatic carbocycles. The summed E-state index contributed by atoms with van der Waals surface area (Å²) < 4.78 is 12.3. The highest BCUT2D eigenvalue weighted by Gasteiger charge is 2.18. The lowest BCUT2D eigenvalue weighted by Crippen LogP contribution is -2.25. The molecule has 0 aliphatic heterocycles. The number of aromatic nitrogens is 4. The first-order valence-electron chi connectivity index (χ1n) is 9.50. The number of thiophene rings is 1. The summed E-state index contributed by atoms with van der Waals surface area (Å²) in [6, 6.07) is 7.93. The van der Waals surface area contributed by atoms with E-state index in [1.54, 1.807) is 23.0 Å². The van der Waals surface area contributed by atoms with Crippen molar-refractivity contribution in [1.29, 1.82) is 0 Å². The van der Waals surface area contributed by atoms with Gasteiger partial charge in [0.15, 0.2) is 11.0 Å². The molecule has 0 aliphatic carbocycles. The van der Waals surface area contributed by atoms with Crippen molar-refractivity contribution in [2.75, 3.05) is 13.7 Å². The van der Waals surface area contributed by atoms with Crippen LogP contribution in [0.1, 0.15) is 21.8 Å². The third-order valence-corrected chi connectivity index (χ3v) is 6.94. The average Bonchev–Trinajstić information content (AvgIpc) is 3.31. The summed E-state index contributed by atoms with van der Waals surface area (Å²) in [4.78, 5) is 24.2. The van der Waals surface area contributed by atoms with E-state index in [9.17, 15) is 4.79 Å². The minimum Gasteiger partial charge on any atom is -0.383 e. The molecule has 4 aromatic rings. The number of methoxy groups -OCH3 is 1. The molecule has 7 nitrogen and oxygen atoms in total. The molecule has 0 bridgehead atoms. The molecule has 0 aliphatic rings. The van der Waals surface area contributed by atoms with Gasteiger partial charge >= 0.3 is 0 Å². The second kappa shape index (κ2) is 8.71. The van der Waals surface area contributed by atoms with Gasteiger partial charge in [-0.25, -0.2) is 4.98 Å². The lowest BCUT2D eigenvalue weighted by Gasteiger charge is -2.11. The maximum Gasteiger partial charge on any atom is 0.263 e. The second-order valence-electron chi connectivity index (χ2n) is 6.98. The number of benzene rings is 1. The van der Waals surface area contributed by atoms with Gasteiger partial charge in [0.05, 0.1) is 24.3 Å². The van der Waals surface area contributed by atoms with E-state index in [-0.39, 0.29) is 5.56 Å². The molecular weight excluding hydrogens is 420 g/mol. The van der Waals surface area contributed by atoms with Gasteiger partial charge in [0, 0.05) is 17.6 Å². The van der Waals surface area contributed by atoms with E-state index in [0.29, 0.717) is 41.2 Å². The molecule has 0 spiro atoms. The summed E-state index contributed by atoms with van der Waals surface area (Å²) in [7, 11) is 1.62. The Hall–Kier alpha value is -2.49. The summed E-state index contributed by atoms with van der Waals surface area (Å²) in [5.74, 6) is 1.49. The molecule has 0 N–H and O–H groups in total. The summed E-state index contributed by atoms with van der Waals surface area (Å²) >= 11 is 2.97. The van der Waals surface area contributed by atoms with E-state index < -0.39 is 0 Å². The van der Waals surface area contributed by atoms with Crippen LogP contribution in [0.15, 0.2) is 38.7 Å². The number of hydrogen-bond acceptors (Lipinski definition) is 8. The molecule has 0 atom stereocenters. The van der Waals surface area contributed by atoms with Crippen molar-refractivity contribution >= 4 is 33.3 Å². The topological polar surface area (TPSA) is 83.0 Å². The summed E-state index contributed by atoms with van der Waals surface area (Å²) in [6.45, 7) is 6.89. The van der Waals surface area contributed by atoms with E-state index in [0.717, 1.165) is 20.8 Å². The van der Waals surface area contributed by atoms with E-state index in [1.807, 2.05) is 45.0 Å². The highest BCUT2D eigenvalue weighted by molar-refractivity contribution is 7.98. The number of nitrogens with zero attached hydrogens (tertiary/aromatic N) is 4. The number of hydrogen-bond donors (Lipinski definition) is 0. The highest BCUT2D eigenvalue weighted by Crippen LogP contribution is 2.29. The van der Waals surface area contributed by atoms with Crippen molar-refractivity contribution in [2.24, 2.45) is 0 Å². The lowest BCUT2D eigenvalue weighted by molar-refractivity contribution is 0.183. The van der Waals surface area contributed by atoms with E-state index in [1.165, 1.54) is 17.3 Å². The van der Waals surface area contributed by atoms with Crippen molar-refractivity contribution in [1.82, 2.24) is 19.7 Å². The smallest absolute Gasteiger partial charge is 0.263 e. The standard InChI is InChI=1S/C21H22N4O3S2/c1-12-5-7-15(8-6-12)18-22-16(24-28-18)11-29-21-23-19-17(13(2)14(3)30-19)20(26)25(21)9-10-27-4/h5-8H,9-11H2,1-4H3. The van der Waals surface area contributed by atoms with E-state index in [2.05, 4.69) is 10.1 Å². The fourth-order valence-electron chi connectivity index (χ4n) is 3.05. The molecule has 0 unspecified atom stereocenters. The molecule has 156 valence electrons. The maximum absolute atomic E-state index is 13.1. The zero-order valence-electron chi connectivity index (χ0n) is 17.3. The summed E-state index contributed by atoms with van der Waals surface area (Å²) in [5.41, 5.74) is 3.01. The zero-order valence-corrected chi connectivity index (χ0v) is 18.9. The van der Waals surface area contributed by atoms with Crippen molar-refractivity contribution in [2.45, 2.75) is 38.2 Å². The van der Waals surface area contributed by atoms with Crippen LogP contribution in [0.2, 0.25) is 0 Å². The Labute approximate surface area is 182 Å². The van der Waals surface area contributed by atoms with Gasteiger partial charge in [-0.3, -0.25) is 9.36 Å². The minimum atomic E-state index is -0.0325. The van der Waals surface area contributed by atoms with Gasteiger partial charge in [0.2, 0.25) is 0 Å². The van der Waals surface area contributed by atoms with Crippen molar-refractivity contribution in [3.05, 3.63) is 56.4 Å². The Kier molecular flexibility index (Phi) is 6.03. The van der Waals surface area contributed by atoms with Gasteiger partial charge in [-0.05, 0) is 38.5 Å². The minimum absolute atomic E-state index is 0.0325. The second-order valence-corrected chi connectivity index (χ2v) is 9.12. The predicted octanol–water partition coefficient (Wildman–Crippen LogP) is 4.37. The maximum atomic E-state index is 13.1. The molecule has 0 amide bonds. The fourth-order valence-corrected chi connectivity index (χ4v) is 4.99. The van der Waals surface area contributed by atoms with Gasteiger partial charge in [-0.1, -0.05) is 34.6 Å². The summed E-state index contributed by atoms with van der Waals surface area (Å²) in [5, 5.41) is 5.41. The molecule has 3 heterocycles. The predicted molar refractivity (Wildman–Crippen MR) is 119 cm³/mol. The van der Waals surface area contributed by atoms with E-state index >= 15 is 0 Å². The highest BCUT2D eigenvalue weighted by atomic mass is 32.2. The van der Waals surface area contributed by atoms with Crippen LogP contribution in [0, 0.1) is 20.8 Å². The number of fused-ring (bicyclic) bond motifs is 1. The molecule has 0 radical (unpaired) electrons. The lowest BCUT2D eigenvalue weighted by atomic mass is 10.1. The van der Waals surface area contributed by atoms with Crippen LogP contribution >= 0.6 is 23.1 Å².